The molecule has 2 aliphatic heterocycles. The lowest BCUT2D eigenvalue weighted by molar-refractivity contribution is -0.135. The summed E-state index contributed by atoms with van der Waals surface area (Å²) < 4.78 is 27.2. The van der Waals surface area contributed by atoms with Crippen LogP contribution in [0.4, 0.5) is 0 Å². The van der Waals surface area contributed by atoms with E-state index in [2.05, 4.69) is 0 Å². The van der Waals surface area contributed by atoms with Gasteiger partial charge in [0.2, 0.25) is 0 Å². The van der Waals surface area contributed by atoms with Gasteiger partial charge in [0.05, 0.1) is 20.8 Å². The van der Waals surface area contributed by atoms with Crippen LogP contribution in [0.3, 0.4) is 0 Å². The summed E-state index contributed by atoms with van der Waals surface area (Å²) in [4.78, 5) is 12.3. The Kier molecular flexibility index (Phi) is 5.10. The van der Waals surface area contributed by atoms with Gasteiger partial charge in [-0.3, -0.25) is 0 Å². The summed E-state index contributed by atoms with van der Waals surface area (Å²) in [5.41, 5.74) is 2.59. The predicted molar refractivity (Wildman–Crippen MR) is 103 cm³/mol. The number of hydrogen-bond acceptors (Lipinski definition) is 6. The molecule has 0 unspecified atom stereocenters. The lowest BCUT2D eigenvalue weighted by Gasteiger charge is -2.19. The van der Waals surface area contributed by atoms with E-state index in [0.717, 1.165) is 22.6 Å². The maximum Gasteiger partial charge on any atom is 0.334 e. The Morgan fingerprint density at radius 3 is 2.54 bits per heavy atom. The van der Waals surface area contributed by atoms with Crippen molar-refractivity contribution in [2.75, 3.05) is 34.0 Å². The number of rotatable bonds is 5. The highest BCUT2D eigenvalue weighted by atomic mass is 16.6. The van der Waals surface area contributed by atoms with Crippen LogP contribution in [0.25, 0.3) is 6.08 Å². The molecular weight excluding hydrogens is 360 g/mol. The number of ether oxygens (including phenoxy) is 5. The van der Waals surface area contributed by atoms with Crippen molar-refractivity contribution in [3.63, 3.8) is 0 Å². The Bertz CT molecular complexity index is 917. The molecule has 0 spiro atoms. The Balaban J connectivity index is 1.58. The highest BCUT2D eigenvalue weighted by molar-refractivity contribution is 5.96. The van der Waals surface area contributed by atoms with Crippen molar-refractivity contribution in [2.45, 2.75) is 6.42 Å². The minimum Gasteiger partial charge on any atom is -0.493 e. The van der Waals surface area contributed by atoms with Crippen LogP contribution in [0.2, 0.25) is 0 Å². The SMILES string of the molecule is COc1ccc(/C=C2\C(=O)OC[C@H]2Cc2ccc3c(c2)OCCO3)cc1OC. The molecule has 146 valence electrons. The third-order valence-electron chi connectivity index (χ3n) is 4.91. The second-order valence-corrected chi connectivity index (χ2v) is 6.69. The summed E-state index contributed by atoms with van der Waals surface area (Å²) in [6.45, 7) is 1.48. The second-order valence-electron chi connectivity index (χ2n) is 6.69. The predicted octanol–water partition coefficient (Wildman–Crippen LogP) is 3.27. The molecule has 0 aromatic heterocycles. The highest BCUT2D eigenvalue weighted by Crippen LogP contribution is 2.34. The van der Waals surface area contributed by atoms with E-state index in [1.54, 1.807) is 14.2 Å². The second kappa shape index (κ2) is 7.84. The molecule has 1 atom stereocenters. The summed E-state index contributed by atoms with van der Waals surface area (Å²) in [6.07, 6.45) is 2.54. The minimum atomic E-state index is -0.280. The summed E-state index contributed by atoms with van der Waals surface area (Å²) >= 11 is 0. The van der Waals surface area contributed by atoms with Gasteiger partial charge in [-0.15, -0.1) is 0 Å². The zero-order chi connectivity index (χ0) is 19.5. The van der Waals surface area contributed by atoms with E-state index < -0.39 is 0 Å². The number of carbonyl (C=O) groups is 1. The van der Waals surface area contributed by atoms with Gasteiger partial charge in [-0.25, -0.2) is 4.79 Å². The molecule has 1 saturated heterocycles. The van der Waals surface area contributed by atoms with Gasteiger partial charge in [0.25, 0.3) is 0 Å². The number of fused-ring (bicyclic) bond motifs is 1. The van der Waals surface area contributed by atoms with E-state index in [1.807, 2.05) is 42.5 Å². The fourth-order valence-electron chi connectivity index (χ4n) is 3.48. The van der Waals surface area contributed by atoms with Gasteiger partial charge in [0.15, 0.2) is 23.0 Å². The van der Waals surface area contributed by atoms with E-state index in [1.165, 1.54) is 0 Å². The first-order valence-electron chi connectivity index (χ1n) is 9.17. The summed E-state index contributed by atoms with van der Waals surface area (Å²) in [7, 11) is 3.18. The summed E-state index contributed by atoms with van der Waals surface area (Å²) in [5, 5.41) is 0. The maximum atomic E-state index is 12.3. The van der Waals surface area contributed by atoms with Gasteiger partial charge in [-0.05, 0) is 47.9 Å². The van der Waals surface area contributed by atoms with Crippen molar-refractivity contribution in [3.8, 4) is 23.0 Å². The van der Waals surface area contributed by atoms with Crippen molar-refractivity contribution in [1.29, 1.82) is 0 Å². The van der Waals surface area contributed by atoms with Crippen LogP contribution < -0.4 is 18.9 Å². The van der Waals surface area contributed by atoms with E-state index >= 15 is 0 Å². The van der Waals surface area contributed by atoms with Gasteiger partial charge in [-0.1, -0.05) is 12.1 Å². The zero-order valence-corrected chi connectivity index (χ0v) is 15.9. The van der Waals surface area contributed by atoms with Crippen LogP contribution in [0.1, 0.15) is 11.1 Å². The Labute approximate surface area is 163 Å². The summed E-state index contributed by atoms with van der Waals surface area (Å²) in [6, 6.07) is 11.5. The molecule has 4 rings (SSSR count). The molecule has 2 aliphatic rings. The molecule has 2 heterocycles. The number of benzene rings is 2. The standard InChI is InChI=1S/C22H22O6/c1-24-18-5-3-15(11-20(18)25-2)10-17-16(13-28-22(17)23)9-14-4-6-19-21(12-14)27-8-7-26-19/h3-6,10-12,16H,7-9,13H2,1-2H3/b17-10-/t16-/m1/s1. The van der Waals surface area contributed by atoms with Crippen LogP contribution >= 0.6 is 0 Å². The van der Waals surface area contributed by atoms with Crippen molar-refractivity contribution >= 4 is 12.0 Å². The van der Waals surface area contributed by atoms with Crippen LogP contribution in [-0.4, -0.2) is 40.0 Å². The van der Waals surface area contributed by atoms with Crippen molar-refractivity contribution < 1.29 is 28.5 Å². The molecule has 0 radical (unpaired) electrons. The largest absolute Gasteiger partial charge is 0.493 e. The van der Waals surface area contributed by atoms with Crippen molar-refractivity contribution in [3.05, 3.63) is 53.1 Å². The quantitative estimate of drug-likeness (QED) is 0.584. The van der Waals surface area contributed by atoms with Gasteiger partial charge in [0, 0.05) is 11.5 Å². The lowest BCUT2D eigenvalue weighted by atomic mass is 9.92. The first-order chi connectivity index (χ1) is 13.7. The van der Waals surface area contributed by atoms with E-state index in [0.29, 0.717) is 43.3 Å². The third kappa shape index (κ3) is 3.63. The molecule has 2 aromatic carbocycles. The zero-order valence-electron chi connectivity index (χ0n) is 15.9. The molecule has 0 N–H and O–H groups in total. The molecule has 2 aromatic rings. The number of carbonyl (C=O) groups excluding carboxylic acids is 1. The molecule has 1 fully saturated rings. The summed E-state index contributed by atoms with van der Waals surface area (Å²) in [5.74, 6) is 2.47. The average molecular weight is 382 g/mol. The van der Waals surface area contributed by atoms with Gasteiger partial charge >= 0.3 is 5.97 Å². The third-order valence-corrected chi connectivity index (χ3v) is 4.91. The normalized spacial score (nSPS) is 19.4. The smallest absolute Gasteiger partial charge is 0.334 e. The minimum absolute atomic E-state index is 0.0249. The first-order valence-corrected chi connectivity index (χ1v) is 9.17. The van der Waals surface area contributed by atoms with Crippen LogP contribution in [0, 0.1) is 5.92 Å². The lowest BCUT2D eigenvalue weighted by Crippen LogP contribution is -2.15. The van der Waals surface area contributed by atoms with Gasteiger partial charge < -0.3 is 23.7 Å². The van der Waals surface area contributed by atoms with Crippen LogP contribution in [0.15, 0.2) is 42.0 Å². The number of methoxy groups -OCH3 is 2. The maximum absolute atomic E-state index is 12.3. The molecule has 6 heteroatoms. The van der Waals surface area contributed by atoms with E-state index in [-0.39, 0.29) is 11.9 Å². The monoisotopic (exact) mass is 382 g/mol. The first kappa shape index (κ1) is 18.2. The van der Waals surface area contributed by atoms with Gasteiger partial charge in [-0.2, -0.15) is 0 Å². The number of hydrogen-bond donors (Lipinski definition) is 0. The molecule has 0 saturated carbocycles. The molecule has 0 amide bonds. The molecular formula is C22H22O6. The number of cyclic esters (lactones) is 1. The molecule has 0 aliphatic carbocycles. The molecule has 0 bridgehead atoms. The number of esters is 1. The Morgan fingerprint density at radius 1 is 0.964 bits per heavy atom. The van der Waals surface area contributed by atoms with Crippen LogP contribution in [0.5, 0.6) is 23.0 Å². The van der Waals surface area contributed by atoms with Crippen molar-refractivity contribution in [1.82, 2.24) is 0 Å². The Hall–Kier alpha value is -3.15. The van der Waals surface area contributed by atoms with Crippen molar-refractivity contribution in [2.24, 2.45) is 5.92 Å². The van der Waals surface area contributed by atoms with Gasteiger partial charge in [0.1, 0.15) is 13.2 Å². The highest BCUT2D eigenvalue weighted by Gasteiger charge is 2.31. The fraction of sp³-hybridized carbons (Fsp3) is 0.318. The average Bonchev–Trinajstić information content (AvgIpc) is 3.07. The van der Waals surface area contributed by atoms with Crippen LogP contribution in [-0.2, 0) is 16.0 Å². The Morgan fingerprint density at radius 2 is 1.75 bits per heavy atom. The topological polar surface area (TPSA) is 63.2 Å². The molecule has 6 nitrogen and oxygen atoms in total. The fourth-order valence-corrected chi connectivity index (χ4v) is 3.48. The van der Waals surface area contributed by atoms with E-state index in [4.69, 9.17) is 23.7 Å². The molecule has 28 heavy (non-hydrogen) atoms. The van der Waals surface area contributed by atoms with E-state index in [9.17, 15) is 4.79 Å².